The van der Waals surface area contributed by atoms with Crippen molar-refractivity contribution in [3.8, 4) is 22.6 Å². The summed E-state index contributed by atoms with van der Waals surface area (Å²) in [6.07, 6.45) is 3.34. The van der Waals surface area contributed by atoms with Gasteiger partial charge in [0.15, 0.2) is 5.78 Å². The number of ether oxygens (including phenoxy) is 2. The number of nitrogens with zero attached hydrogens (tertiary/aromatic N) is 1. The van der Waals surface area contributed by atoms with Crippen LogP contribution < -0.4 is 9.47 Å². The highest BCUT2D eigenvalue weighted by atomic mass is 79.9. The zero-order chi connectivity index (χ0) is 22.7. The number of pyridine rings is 1. The molecule has 0 aliphatic carbocycles. The fourth-order valence-corrected chi connectivity index (χ4v) is 4.13. The Bertz CT molecular complexity index is 1330. The van der Waals surface area contributed by atoms with Crippen molar-refractivity contribution in [3.63, 3.8) is 0 Å². The molecule has 0 spiro atoms. The molecule has 0 atom stereocenters. The SMILES string of the molecule is COc1ccc(/C=C/C(=O)c2c(C)nc3ccc(Br)cc3c2-c2ccccc2)c(OC)c1. The number of hydrogen-bond acceptors (Lipinski definition) is 4. The zero-order valence-corrected chi connectivity index (χ0v) is 19.6. The number of carbonyl (C=O) groups excluding carboxylic acids is 1. The summed E-state index contributed by atoms with van der Waals surface area (Å²) in [6.45, 7) is 1.88. The van der Waals surface area contributed by atoms with Gasteiger partial charge in [0.2, 0.25) is 0 Å². The van der Waals surface area contributed by atoms with Gasteiger partial charge in [0.05, 0.1) is 25.3 Å². The van der Waals surface area contributed by atoms with E-state index in [4.69, 9.17) is 14.5 Å². The van der Waals surface area contributed by atoms with Gasteiger partial charge in [-0.3, -0.25) is 9.78 Å². The van der Waals surface area contributed by atoms with Gasteiger partial charge in [-0.2, -0.15) is 0 Å². The maximum absolute atomic E-state index is 13.5. The van der Waals surface area contributed by atoms with Gasteiger partial charge in [0.25, 0.3) is 0 Å². The molecule has 0 aliphatic heterocycles. The molecular formula is C27H22BrNO3. The second-order valence-corrected chi connectivity index (χ2v) is 8.20. The lowest BCUT2D eigenvalue weighted by Gasteiger charge is -2.14. The lowest BCUT2D eigenvalue weighted by atomic mass is 9.92. The minimum Gasteiger partial charge on any atom is -0.497 e. The predicted molar refractivity (Wildman–Crippen MR) is 133 cm³/mol. The van der Waals surface area contributed by atoms with Crippen LogP contribution in [0.25, 0.3) is 28.1 Å². The van der Waals surface area contributed by atoms with E-state index in [0.29, 0.717) is 22.8 Å². The molecule has 0 amide bonds. The van der Waals surface area contributed by atoms with E-state index in [1.165, 1.54) is 0 Å². The first-order valence-electron chi connectivity index (χ1n) is 10.1. The highest BCUT2D eigenvalue weighted by Crippen LogP contribution is 2.35. The Hall–Kier alpha value is -3.44. The van der Waals surface area contributed by atoms with E-state index in [0.717, 1.165) is 32.1 Å². The number of fused-ring (bicyclic) bond motifs is 1. The van der Waals surface area contributed by atoms with E-state index in [2.05, 4.69) is 15.9 Å². The molecule has 0 radical (unpaired) electrons. The van der Waals surface area contributed by atoms with Crippen LogP contribution in [0.5, 0.6) is 11.5 Å². The van der Waals surface area contributed by atoms with Crippen molar-refractivity contribution >= 4 is 38.7 Å². The van der Waals surface area contributed by atoms with Crippen LogP contribution in [0.1, 0.15) is 21.6 Å². The van der Waals surface area contributed by atoms with Gasteiger partial charge in [-0.25, -0.2) is 0 Å². The van der Waals surface area contributed by atoms with Crippen molar-refractivity contribution in [3.05, 3.63) is 94.1 Å². The minimum atomic E-state index is -0.117. The van der Waals surface area contributed by atoms with Crippen molar-refractivity contribution in [2.75, 3.05) is 14.2 Å². The molecule has 32 heavy (non-hydrogen) atoms. The lowest BCUT2D eigenvalue weighted by molar-refractivity contribution is 0.104. The molecule has 0 aliphatic rings. The summed E-state index contributed by atoms with van der Waals surface area (Å²) in [4.78, 5) is 18.2. The number of aryl methyl sites for hydroxylation is 1. The van der Waals surface area contributed by atoms with Crippen LogP contribution in [-0.4, -0.2) is 25.0 Å². The lowest BCUT2D eigenvalue weighted by Crippen LogP contribution is -2.05. The fraction of sp³-hybridized carbons (Fsp3) is 0.111. The van der Waals surface area contributed by atoms with E-state index in [9.17, 15) is 4.79 Å². The number of aromatic nitrogens is 1. The van der Waals surface area contributed by atoms with E-state index >= 15 is 0 Å². The third kappa shape index (κ3) is 4.30. The van der Waals surface area contributed by atoms with Crippen molar-refractivity contribution in [1.29, 1.82) is 0 Å². The summed E-state index contributed by atoms with van der Waals surface area (Å²) in [6, 6.07) is 21.4. The summed E-state index contributed by atoms with van der Waals surface area (Å²) < 4.78 is 11.6. The molecule has 4 nitrogen and oxygen atoms in total. The Balaban J connectivity index is 1.86. The normalized spacial score (nSPS) is 11.1. The Labute approximate surface area is 195 Å². The molecule has 1 aromatic heterocycles. The number of benzene rings is 3. The Kier molecular flexibility index (Phi) is 6.37. The van der Waals surface area contributed by atoms with Gasteiger partial charge < -0.3 is 9.47 Å². The van der Waals surface area contributed by atoms with Crippen LogP contribution in [0.4, 0.5) is 0 Å². The standard InChI is InChI=1S/C27H22BrNO3/c1-17-26(24(30)14-10-18-9-12-21(31-2)16-25(18)32-3)27(19-7-5-4-6-8-19)22-15-20(28)11-13-23(22)29-17/h4-16H,1-3H3/b14-10+. The number of carbonyl (C=O) groups is 1. The molecule has 5 heteroatoms. The minimum absolute atomic E-state index is 0.117. The van der Waals surface area contributed by atoms with Gasteiger partial charge in [-0.15, -0.1) is 0 Å². The number of allylic oxidation sites excluding steroid dienone is 1. The molecule has 0 N–H and O–H groups in total. The molecule has 1 heterocycles. The second-order valence-electron chi connectivity index (χ2n) is 7.28. The number of halogens is 1. The predicted octanol–water partition coefficient (Wildman–Crippen LogP) is 6.89. The Morgan fingerprint density at radius 2 is 1.75 bits per heavy atom. The van der Waals surface area contributed by atoms with Crippen LogP contribution in [0.3, 0.4) is 0 Å². The van der Waals surface area contributed by atoms with E-state index in [1.807, 2.05) is 67.6 Å². The van der Waals surface area contributed by atoms with Crippen molar-refractivity contribution in [2.45, 2.75) is 6.92 Å². The molecule has 0 bridgehead atoms. The number of rotatable bonds is 6. The number of hydrogen-bond donors (Lipinski definition) is 0. The first-order chi connectivity index (χ1) is 15.5. The third-order valence-corrected chi connectivity index (χ3v) is 5.78. The maximum Gasteiger partial charge on any atom is 0.188 e. The summed E-state index contributed by atoms with van der Waals surface area (Å²) in [5.41, 5.74) is 4.77. The molecule has 0 saturated carbocycles. The van der Waals surface area contributed by atoms with Crippen LogP contribution in [0.2, 0.25) is 0 Å². The van der Waals surface area contributed by atoms with Crippen LogP contribution >= 0.6 is 15.9 Å². The molecule has 4 rings (SSSR count). The molecule has 0 fully saturated rings. The molecule has 0 saturated heterocycles. The second kappa shape index (κ2) is 9.37. The molecule has 160 valence electrons. The van der Waals surface area contributed by atoms with Crippen molar-refractivity contribution < 1.29 is 14.3 Å². The maximum atomic E-state index is 13.5. The molecular weight excluding hydrogens is 466 g/mol. The van der Waals surface area contributed by atoms with Crippen LogP contribution in [0, 0.1) is 6.92 Å². The van der Waals surface area contributed by atoms with Gasteiger partial charge in [0.1, 0.15) is 11.5 Å². The topological polar surface area (TPSA) is 48.4 Å². The van der Waals surface area contributed by atoms with Crippen molar-refractivity contribution in [2.24, 2.45) is 0 Å². The monoisotopic (exact) mass is 487 g/mol. The van der Waals surface area contributed by atoms with Gasteiger partial charge in [-0.1, -0.05) is 46.3 Å². The number of ketones is 1. The Morgan fingerprint density at radius 3 is 2.47 bits per heavy atom. The smallest absolute Gasteiger partial charge is 0.188 e. The number of methoxy groups -OCH3 is 2. The summed E-state index contributed by atoms with van der Waals surface area (Å²) in [7, 11) is 3.20. The molecule has 0 unspecified atom stereocenters. The first kappa shape index (κ1) is 21.8. The van der Waals surface area contributed by atoms with Crippen molar-refractivity contribution in [1.82, 2.24) is 4.98 Å². The molecule has 4 aromatic rings. The summed E-state index contributed by atoms with van der Waals surface area (Å²) in [5.74, 6) is 1.21. The van der Waals surface area contributed by atoms with Gasteiger partial charge in [-0.05, 0) is 55.0 Å². The zero-order valence-electron chi connectivity index (χ0n) is 18.1. The van der Waals surface area contributed by atoms with E-state index in [1.54, 1.807) is 32.4 Å². The van der Waals surface area contributed by atoms with Gasteiger partial charge >= 0.3 is 0 Å². The fourth-order valence-electron chi connectivity index (χ4n) is 3.77. The first-order valence-corrected chi connectivity index (χ1v) is 10.9. The molecule has 3 aromatic carbocycles. The highest BCUT2D eigenvalue weighted by molar-refractivity contribution is 9.10. The van der Waals surface area contributed by atoms with Crippen LogP contribution in [-0.2, 0) is 0 Å². The largest absolute Gasteiger partial charge is 0.497 e. The quantitative estimate of drug-likeness (QED) is 0.219. The van der Waals surface area contributed by atoms with E-state index < -0.39 is 0 Å². The summed E-state index contributed by atoms with van der Waals surface area (Å²) >= 11 is 3.56. The Morgan fingerprint density at radius 1 is 0.969 bits per heavy atom. The van der Waals surface area contributed by atoms with Gasteiger partial charge in [0, 0.05) is 32.7 Å². The van der Waals surface area contributed by atoms with Crippen LogP contribution in [0.15, 0.2) is 77.3 Å². The third-order valence-electron chi connectivity index (χ3n) is 5.29. The highest BCUT2D eigenvalue weighted by Gasteiger charge is 2.19. The summed E-state index contributed by atoms with van der Waals surface area (Å²) in [5, 5.41) is 0.926. The average Bonchev–Trinajstić information content (AvgIpc) is 2.82. The average molecular weight is 488 g/mol. The van der Waals surface area contributed by atoms with E-state index in [-0.39, 0.29) is 5.78 Å².